The van der Waals surface area contributed by atoms with Crippen molar-refractivity contribution in [1.29, 1.82) is 0 Å². The summed E-state index contributed by atoms with van der Waals surface area (Å²) in [7, 11) is 0. The highest BCUT2D eigenvalue weighted by molar-refractivity contribution is 8.33. The van der Waals surface area contributed by atoms with Crippen LogP contribution in [0.4, 0.5) is 5.69 Å². The van der Waals surface area contributed by atoms with Gasteiger partial charge in [0.2, 0.25) is 0 Å². The molecule has 8 heteroatoms. The van der Waals surface area contributed by atoms with Gasteiger partial charge in [-0.15, -0.1) is 0 Å². The van der Waals surface area contributed by atoms with E-state index in [1.807, 2.05) is 30.3 Å². The van der Waals surface area contributed by atoms with Crippen molar-refractivity contribution in [1.82, 2.24) is 4.90 Å². The Morgan fingerprint density at radius 1 is 1.08 bits per heavy atom. The van der Waals surface area contributed by atoms with Crippen molar-refractivity contribution in [3.05, 3.63) is 63.1 Å². The molecule has 0 aliphatic carbocycles. The van der Waals surface area contributed by atoms with E-state index in [9.17, 15) is 0 Å². The molecule has 0 saturated heterocycles. The Labute approximate surface area is 178 Å². The van der Waals surface area contributed by atoms with E-state index in [4.69, 9.17) is 47.0 Å². The predicted octanol–water partition coefficient (Wildman–Crippen LogP) is 6.78. The van der Waals surface area contributed by atoms with E-state index in [2.05, 4.69) is 29.3 Å². The lowest BCUT2D eigenvalue weighted by Gasteiger charge is -2.21. The molecule has 2 aromatic carbocycles. The van der Waals surface area contributed by atoms with Crippen LogP contribution in [0.3, 0.4) is 0 Å². The summed E-state index contributed by atoms with van der Waals surface area (Å²) >= 11 is 25.4. The fourth-order valence-corrected chi connectivity index (χ4v) is 4.41. The molecule has 3 nitrogen and oxygen atoms in total. The zero-order valence-electron chi connectivity index (χ0n) is 14.3. The Morgan fingerprint density at radius 2 is 1.65 bits per heavy atom. The van der Waals surface area contributed by atoms with Gasteiger partial charge in [-0.2, -0.15) is 5.10 Å². The number of thioether (sulfide) groups is 1. The number of anilines is 1. The minimum Gasteiger partial charge on any atom is -0.358 e. The highest BCUT2D eigenvalue weighted by Crippen LogP contribution is 2.34. The molecule has 0 atom stereocenters. The molecule has 138 valence electrons. The first-order chi connectivity index (χ1) is 12.5. The summed E-state index contributed by atoms with van der Waals surface area (Å²) < 4.78 is 0.757. The third-order valence-electron chi connectivity index (χ3n) is 3.50. The summed E-state index contributed by atoms with van der Waals surface area (Å²) in [4.78, 5) is 2.10. The lowest BCUT2D eigenvalue weighted by molar-refractivity contribution is 0.482. The van der Waals surface area contributed by atoms with E-state index in [-0.39, 0.29) is 0 Å². The Balaban J connectivity index is 2.32. The van der Waals surface area contributed by atoms with Crippen molar-refractivity contribution in [3.63, 3.8) is 0 Å². The number of hydrogen-bond acceptors (Lipinski definition) is 4. The van der Waals surface area contributed by atoms with Gasteiger partial charge in [-0.1, -0.05) is 77.4 Å². The van der Waals surface area contributed by atoms with Gasteiger partial charge >= 0.3 is 0 Å². The van der Waals surface area contributed by atoms with Crippen molar-refractivity contribution in [2.24, 2.45) is 5.10 Å². The molecule has 2 aromatic rings. The number of rotatable bonds is 5. The Hall–Kier alpha value is -0.980. The molecule has 0 aliphatic rings. The van der Waals surface area contributed by atoms with Gasteiger partial charge in [-0.3, -0.25) is 5.43 Å². The van der Waals surface area contributed by atoms with Gasteiger partial charge in [0.1, 0.15) is 9.36 Å². The van der Waals surface area contributed by atoms with E-state index < -0.39 is 0 Å². The molecule has 0 fully saturated rings. The SMILES string of the molecule is CCN(CC)C(=S)S/C(=N/Nc1c(Cl)cc(Cl)cc1Cl)c1ccccc1. The third-order valence-corrected chi connectivity index (χ3v) is 5.78. The Morgan fingerprint density at radius 3 is 2.19 bits per heavy atom. The zero-order valence-corrected chi connectivity index (χ0v) is 18.2. The Bertz CT molecular complexity index is 771. The second-order valence-electron chi connectivity index (χ2n) is 5.18. The van der Waals surface area contributed by atoms with E-state index in [0.29, 0.717) is 20.8 Å². The molecule has 0 amide bonds. The molecule has 0 bridgehead atoms. The number of thiocarbonyl (C=S) groups is 1. The van der Waals surface area contributed by atoms with Crippen molar-refractivity contribution >= 4 is 73.8 Å². The van der Waals surface area contributed by atoms with Crippen molar-refractivity contribution in [2.75, 3.05) is 18.5 Å². The van der Waals surface area contributed by atoms with Crippen LogP contribution >= 0.6 is 58.8 Å². The Kier molecular flexibility index (Phi) is 8.51. The van der Waals surface area contributed by atoms with Crippen LogP contribution in [0.15, 0.2) is 47.6 Å². The number of nitrogens with one attached hydrogen (secondary N) is 1. The van der Waals surface area contributed by atoms with Crippen molar-refractivity contribution in [2.45, 2.75) is 13.8 Å². The molecule has 0 spiro atoms. The predicted molar refractivity (Wildman–Crippen MR) is 121 cm³/mol. The van der Waals surface area contributed by atoms with Crippen LogP contribution in [0.2, 0.25) is 15.1 Å². The highest BCUT2D eigenvalue weighted by atomic mass is 35.5. The summed E-state index contributed by atoms with van der Waals surface area (Å²) in [5, 5.41) is 6.50. The maximum Gasteiger partial charge on any atom is 0.142 e. The van der Waals surface area contributed by atoms with Crippen LogP contribution in [0, 0.1) is 0 Å². The number of hydrogen-bond donors (Lipinski definition) is 1. The molecular weight excluding hydrogens is 429 g/mol. The number of nitrogens with zero attached hydrogens (tertiary/aromatic N) is 2. The van der Waals surface area contributed by atoms with Crippen LogP contribution in [0.5, 0.6) is 0 Å². The standard InChI is InChI=1S/C18H18Cl3N3S2/c1-3-24(4-2)18(25)26-17(12-8-6-5-7-9-12)23-22-16-14(20)10-13(19)11-15(16)21/h5-11,22H,3-4H2,1-2H3/b23-17+. The number of halogens is 3. The van der Waals surface area contributed by atoms with Crippen LogP contribution in [-0.2, 0) is 0 Å². The van der Waals surface area contributed by atoms with Crippen molar-refractivity contribution in [3.8, 4) is 0 Å². The highest BCUT2D eigenvalue weighted by Gasteiger charge is 2.14. The first kappa shape index (κ1) is 21.3. The molecule has 0 heterocycles. The molecular formula is C18H18Cl3N3S2. The summed E-state index contributed by atoms with van der Waals surface area (Å²) in [6.07, 6.45) is 0. The molecule has 26 heavy (non-hydrogen) atoms. The van der Waals surface area contributed by atoms with Gasteiger partial charge in [0.25, 0.3) is 0 Å². The second kappa shape index (κ2) is 10.4. The summed E-state index contributed by atoms with van der Waals surface area (Å²) in [6.45, 7) is 5.82. The average Bonchev–Trinajstić information content (AvgIpc) is 2.61. The molecule has 0 radical (unpaired) electrons. The summed E-state index contributed by atoms with van der Waals surface area (Å²) in [5.74, 6) is 0. The fourth-order valence-electron chi connectivity index (χ4n) is 2.11. The molecule has 0 saturated carbocycles. The lowest BCUT2D eigenvalue weighted by atomic mass is 10.2. The number of hydrazone groups is 1. The lowest BCUT2D eigenvalue weighted by Crippen LogP contribution is -2.27. The van der Waals surface area contributed by atoms with Gasteiger partial charge in [0, 0.05) is 23.7 Å². The van der Waals surface area contributed by atoms with Crippen LogP contribution in [-0.4, -0.2) is 27.4 Å². The van der Waals surface area contributed by atoms with Gasteiger partial charge in [0.15, 0.2) is 0 Å². The summed E-state index contributed by atoms with van der Waals surface area (Å²) in [5.41, 5.74) is 4.40. The largest absolute Gasteiger partial charge is 0.358 e. The maximum atomic E-state index is 6.22. The summed E-state index contributed by atoms with van der Waals surface area (Å²) in [6, 6.07) is 13.0. The molecule has 0 aliphatic heterocycles. The van der Waals surface area contributed by atoms with Gasteiger partial charge in [0.05, 0.1) is 15.7 Å². The average molecular weight is 447 g/mol. The minimum atomic E-state index is 0.398. The number of benzene rings is 2. The van der Waals surface area contributed by atoms with E-state index in [1.54, 1.807) is 12.1 Å². The fraction of sp³-hybridized carbons (Fsp3) is 0.222. The van der Waals surface area contributed by atoms with Crippen LogP contribution in [0.25, 0.3) is 0 Å². The van der Waals surface area contributed by atoms with Gasteiger partial charge in [-0.05, 0) is 37.7 Å². The molecule has 2 rings (SSSR count). The smallest absolute Gasteiger partial charge is 0.142 e. The maximum absolute atomic E-state index is 6.22. The molecule has 0 unspecified atom stereocenters. The first-order valence-electron chi connectivity index (χ1n) is 7.96. The first-order valence-corrected chi connectivity index (χ1v) is 10.3. The zero-order chi connectivity index (χ0) is 19.1. The van der Waals surface area contributed by atoms with Gasteiger partial charge in [-0.25, -0.2) is 0 Å². The van der Waals surface area contributed by atoms with Crippen LogP contribution < -0.4 is 5.43 Å². The normalized spacial score (nSPS) is 11.3. The second-order valence-corrected chi connectivity index (χ2v) is 8.05. The monoisotopic (exact) mass is 445 g/mol. The van der Waals surface area contributed by atoms with Gasteiger partial charge < -0.3 is 4.90 Å². The van der Waals surface area contributed by atoms with E-state index in [0.717, 1.165) is 28.0 Å². The molecule has 0 aromatic heterocycles. The van der Waals surface area contributed by atoms with Crippen molar-refractivity contribution < 1.29 is 0 Å². The topological polar surface area (TPSA) is 27.6 Å². The minimum absolute atomic E-state index is 0.398. The third kappa shape index (κ3) is 5.76. The molecule has 1 N–H and O–H groups in total. The van der Waals surface area contributed by atoms with E-state index in [1.165, 1.54) is 11.8 Å². The quantitative estimate of drug-likeness (QED) is 0.237. The van der Waals surface area contributed by atoms with Crippen LogP contribution in [0.1, 0.15) is 19.4 Å². The van der Waals surface area contributed by atoms with E-state index >= 15 is 0 Å².